The second kappa shape index (κ2) is 5.49. The molecule has 0 saturated heterocycles. The van der Waals surface area contributed by atoms with Crippen molar-refractivity contribution < 1.29 is 0 Å². The summed E-state index contributed by atoms with van der Waals surface area (Å²) < 4.78 is 0. The summed E-state index contributed by atoms with van der Waals surface area (Å²) in [5.41, 5.74) is 3.55. The van der Waals surface area contributed by atoms with Crippen LogP contribution in [0.2, 0.25) is 5.02 Å². The lowest BCUT2D eigenvalue weighted by Gasteiger charge is -2.29. The quantitative estimate of drug-likeness (QED) is 0.689. The van der Waals surface area contributed by atoms with Crippen LogP contribution in [0, 0.1) is 11.3 Å². The number of hydrogen-bond donors (Lipinski definition) is 0. The van der Waals surface area contributed by atoms with E-state index in [-0.39, 0.29) is 0 Å². The zero-order valence-electron chi connectivity index (χ0n) is 12.2. The molecule has 0 fully saturated rings. The van der Waals surface area contributed by atoms with Crippen LogP contribution in [-0.4, -0.2) is 21.5 Å². The summed E-state index contributed by atoms with van der Waals surface area (Å²) in [5, 5.41) is 10.8. The lowest BCUT2D eigenvalue weighted by atomic mass is 10.1. The summed E-state index contributed by atoms with van der Waals surface area (Å²) in [6.45, 7) is 1.51. The fourth-order valence-corrected chi connectivity index (χ4v) is 3.06. The average Bonchev–Trinajstić information content (AvgIpc) is 2.60. The topological polar surface area (TPSA) is 65.7 Å². The molecule has 0 amide bonds. The van der Waals surface area contributed by atoms with E-state index in [0.29, 0.717) is 17.1 Å². The molecule has 0 unspecified atom stereocenters. The molecule has 6 heteroatoms. The van der Waals surface area contributed by atoms with Gasteiger partial charge in [-0.25, -0.2) is 15.0 Å². The van der Waals surface area contributed by atoms with Crippen molar-refractivity contribution in [2.45, 2.75) is 13.0 Å². The number of nitriles is 1. The molecule has 0 saturated carbocycles. The van der Waals surface area contributed by atoms with Crippen molar-refractivity contribution in [1.82, 2.24) is 15.0 Å². The number of pyridine rings is 1. The average molecular weight is 322 g/mol. The van der Waals surface area contributed by atoms with Crippen molar-refractivity contribution in [3.63, 3.8) is 0 Å². The molecule has 2 aromatic heterocycles. The Morgan fingerprint density at radius 2 is 2.17 bits per heavy atom. The molecule has 1 aliphatic rings. The van der Waals surface area contributed by atoms with Gasteiger partial charge in [-0.1, -0.05) is 11.6 Å². The summed E-state index contributed by atoms with van der Waals surface area (Å²) in [7, 11) is 0. The first kappa shape index (κ1) is 13.9. The Hall–Kier alpha value is -2.71. The Kier molecular flexibility index (Phi) is 3.32. The van der Waals surface area contributed by atoms with Crippen molar-refractivity contribution in [3.05, 3.63) is 58.6 Å². The van der Waals surface area contributed by atoms with Crippen molar-refractivity contribution in [1.29, 1.82) is 5.26 Å². The molecular formula is C17H12ClN5. The van der Waals surface area contributed by atoms with Gasteiger partial charge in [-0.3, -0.25) is 0 Å². The second-order valence-corrected chi connectivity index (χ2v) is 5.90. The molecule has 0 N–H and O–H groups in total. The second-order valence-electron chi connectivity index (χ2n) is 5.47. The van der Waals surface area contributed by atoms with E-state index in [2.05, 4.69) is 20.9 Å². The number of benzene rings is 1. The van der Waals surface area contributed by atoms with Gasteiger partial charge in [0, 0.05) is 23.2 Å². The van der Waals surface area contributed by atoms with E-state index in [1.165, 1.54) is 5.56 Å². The maximum absolute atomic E-state index is 9.45. The number of aromatic nitrogens is 3. The van der Waals surface area contributed by atoms with Crippen LogP contribution in [0.15, 0.2) is 36.8 Å². The minimum absolute atomic E-state index is 0.584. The number of rotatable bonds is 1. The summed E-state index contributed by atoms with van der Waals surface area (Å²) in [4.78, 5) is 15.3. The lowest BCUT2D eigenvalue weighted by molar-refractivity contribution is 0.695. The number of anilines is 1. The van der Waals surface area contributed by atoms with Gasteiger partial charge in [0.05, 0.1) is 29.4 Å². The Bertz CT molecular complexity index is 947. The first-order valence-corrected chi connectivity index (χ1v) is 7.65. The largest absolute Gasteiger partial charge is 0.350 e. The molecule has 5 nitrogen and oxygen atoms in total. The minimum atomic E-state index is 0.584. The minimum Gasteiger partial charge on any atom is -0.350 e. The van der Waals surface area contributed by atoms with Crippen LogP contribution < -0.4 is 4.90 Å². The number of halogens is 1. The van der Waals surface area contributed by atoms with Gasteiger partial charge >= 0.3 is 0 Å². The van der Waals surface area contributed by atoms with Gasteiger partial charge in [0.1, 0.15) is 12.1 Å². The highest BCUT2D eigenvalue weighted by atomic mass is 35.5. The molecule has 0 spiro atoms. The number of fused-ring (bicyclic) bond motifs is 2. The van der Waals surface area contributed by atoms with Gasteiger partial charge in [0.15, 0.2) is 0 Å². The third-order valence-corrected chi connectivity index (χ3v) is 4.31. The summed E-state index contributed by atoms with van der Waals surface area (Å²) >= 11 is 6.03. The van der Waals surface area contributed by atoms with Crippen molar-refractivity contribution in [2.75, 3.05) is 11.4 Å². The van der Waals surface area contributed by atoms with Gasteiger partial charge in [-0.05, 0) is 36.2 Å². The molecule has 4 rings (SSSR count). The van der Waals surface area contributed by atoms with Crippen LogP contribution in [-0.2, 0) is 13.0 Å². The van der Waals surface area contributed by atoms with Gasteiger partial charge in [-0.15, -0.1) is 0 Å². The fraction of sp³-hybridized carbons (Fsp3) is 0.176. The van der Waals surface area contributed by atoms with Crippen LogP contribution in [0.1, 0.15) is 16.8 Å². The molecule has 23 heavy (non-hydrogen) atoms. The first-order chi connectivity index (χ1) is 11.2. The molecule has 1 aliphatic heterocycles. The zero-order chi connectivity index (χ0) is 15.8. The van der Waals surface area contributed by atoms with Gasteiger partial charge < -0.3 is 4.90 Å². The maximum Gasteiger partial charge on any atom is 0.130 e. The Balaban J connectivity index is 1.78. The lowest BCUT2D eigenvalue weighted by Crippen LogP contribution is -2.31. The van der Waals surface area contributed by atoms with E-state index < -0.39 is 0 Å². The van der Waals surface area contributed by atoms with Crippen molar-refractivity contribution in [2.24, 2.45) is 0 Å². The van der Waals surface area contributed by atoms with Crippen LogP contribution >= 0.6 is 11.6 Å². The Labute approximate surface area is 138 Å². The predicted octanol–water partition coefficient (Wildman–Crippen LogP) is 3.11. The van der Waals surface area contributed by atoms with E-state index in [1.54, 1.807) is 18.5 Å². The highest BCUT2D eigenvalue weighted by molar-refractivity contribution is 6.31. The van der Waals surface area contributed by atoms with E-state index in [1.807, 2.05) is 18.3 Å². The number of hydrogen-bond acceptors (Lipinski definition) is 5. The SMILES string of the molecule is N#Cc1cc(N2CCc3cncnc3C2)nc2ccc(Cl)cc12. The van der Waals surface area contributed by atoms with Gasteiger partial charge in [-0.2, -0.15) is 5.26 Å². The molecule has 3 heterocycles. The van der Waals surface area contributed by atoms with Gasteiger partial charge in [0.2, 0.25) is 0 Å². The molecular weight excluding hydrogens is 310 g/mol. The van der Waals surface area contributed by atoms with Crippen molar-refractivity contribution in [3.8, 4) is 6.07 Å². The highest BCUT2D eigenvalue weighted by Crippen LogP contribution is 2.27. The molecule has 0 radical (unpaired) electrons. The Morgan fingerprint density at radius 3 is 3.04 bits per heavy atom. The van der Waals surface area contributed by atoms with Crippen LogP contribution in [0.25, 0.3) is 10.9 Å². The summed E-state index contributed by atoms with van der Waals surface area (Å²) in [6, 6.07) is 9.49. The maximum atomic E-state index is 9.45. The van der Waals surface area contributed by atoms with Gasteiger partial charge in [0.25, 0.3) is 0 Å². The van der Waals surface area contributed by atoms with Crippen molar-refractivity contribution >= 4 is 28.3 Å². The third-order valence-electron chi connectivity index (χ3n) is 4.07. The molecule has 0 atom stereocenters. The predicted molar refractivity (Wildman–Crippen MR) is 88.3 cm³/mol. The fourth-order valence-electron chi connectivity index (χ4n) is 2.88. The molecule has 0 bridgehead atoms. The normalized spacial score (nSPS) is 13.7. The first-order valence-electron chi connectivity index (χ1n) is 7.28. The summed E-state index contributed by atoms with van der Waals surface area (Å²) in [5.74, 6) is 0.792. The van der Waals surface area contributed by atoms with E-state index in [9.17, 15) is 5.26 Å². The smallest absolute Gasteiger partial charge is 0.130 e. The van der Waals surface area contributed by atoms with E-state index in [4.69, 9.17) is 16.6 Å². The summed E-state index contributed by atoms with van der Waals surface area (Å²) in [6.07, 6.45) is 4.31. The molecule has 0 aliphatic carbocycles. The third kappa shape index (κ3) is 2.47. The monoisotopic (exact) mass is 321 g/mol. The molecule has 1 aromatic carbocycles. The van der Waals surface area contributed by atoms with Crippen LogP contribution in [0.3, 0.4) is 0 Å². The van der Waals surface area contributed by atoms with E-state index >= 15 is 0 Å². The molecule has 3 aromatic rings. The van der Waals surface area contributed by atoms with Crippen LogP contribution in [0.4, 0.5) is 5.82 Å². The number of nitrogens with zero attached hydrogens (tertiary/aromatic N) is 5. The highest BCUT2D eigenvalue weighted by Gasteiger charge is 2.19. The van der Waals surface area contributed by atoms with Crippen LogP contribution in [0.5, 0.6) is 0 Å². The molecule has 112 valence electrons. The zero-order valence-corrected chi connectivity index (χ0v) is 13.0. The van der Waals surface area contributed by atoms with E-state index in [0.717, 1.165) is 35.4 Å². The Morgan fingerprint density at radius 1 is 1.26 bits per heavy atom. The standard InChI is InChI=1S/C17H12ClN5/c18-13-1-2-15-14(6-13)12(7-19)5-17(22-15)23-4-3-11-8-20-10-21-16(11)9-23/h1-2,5-6,8,10H,3-4,9H2.